The van der Waals surface area contributed by atoms with E-state index >= 15 is 0 Å². The van der Waals surface area contributed by atoms with Gasteiger partial charge in [0.1, 0.15) is 6.04 Å². The SMILES string of the molecule is C=CCS(=O)(=O)NC(=O)C1CCCN1C(=O)C(C)CS. The minimum absolute atomic E-state index is 0.168. The lowest BCUT2D eigenvalue weighted by molar-refractivity contribution is -0.140. The van der Waals surface area contributed by atoms with Crippen molar-refractivity contribution in [3.8, 4) is 0 Å². The van der Waals surface area contributed by atoms with Crippen LogP contribution in [0.25, 0.3) is 0 Å². The number of likely N-dealkylation sites (tertiary alicyclic amines) is 1. The molecule has 2 amide bonds. The summed E-state index contributed by atoms with van der Waals surface area (Å²) in [6.07, 6.45) is 2.36. The van der Waals surface area contributed by atoms with Crippen LogP contribution in [-0.4, -0.2) is 49.2 Å². The second kappa shape index (κ2) is 7.12. The summed E-state index contributed by atoms with van der Waals surface area (Å²) in [4.78, 5) is 25.6. The first-order valence-corrected chi connectivity index (χ1v) is 8.67. The average molecular weight is 320 g/mol. The molecule has 1 rings (SSSR count). The molecular weight excluding hydrogens is 300 g/mol. The van der Waals surface area contributed by atoms with Crippen molar-refractivity contribution in [3.63, 3.8) is 0 Å². The van der Waals surface area contributed by atoms with E-state index in [-0.39, 0.29) is 17.6 Å². The molecule has 8 heteroatoms. The first kappa shape index (κ1) is 17.0. The average Bonchev–Trinajstić information content (AvgIpc) is 2.85. The number of carbonyl (C=O) groups excluding carboxylic acids is 2. The molecule has 1 fully saturated rings. The Kier molecular flexibility index (Phi) is 6.07. The quantitative estimate of drug-likeness (QED) is 0.540. The van der Waals surface area contributed by atoms with Gasteiger partial charge in [-0.2, -0.15) is 12.6 Å². The summed E-state index contributed by atoms with van der Waals surface area (Å²) in [5.41, 5.74) is 0. The fourth-order valence-electron chi connectivity index (χ4n) is 2.08. The Morgan fingerprint density at radius 2 is 2.20 bits per heavy atom. The van der Waals surface area contributed by atoms with E-state index in [1.165, 1.54) is 11.0 Å². The fraction of sp³-hybridized carbons (Fsp3) is 0.667. The summed E-state index contributed by atoms with van der Waals surface area (Å²) in [6, 6.07) is -0.718. The van der Waals surface area contributed by atoms with E-state index in [0.29, 0.717) is 25.1 Å². The van der Waals surface area contributed by atoms with E-state index in [0.717, 1.165) is 0 Å². The van der Waals surface area contributed by atoms with Crippen molar-refractivity contribution in [2.24, 2.45) is 5.92 Å². The minimum Gasteiger partial charge on any atom is -0.330 e. The van der Waals surface area contributed by atoms with Crippen LogP contribution >= 0.6 is 12.6 Å². The first-order chi connectivity index (χ1) is 9.32. The van der Waals surface area contributed by atoms with Gasteiger partial charge in [0.2, 0.25) is 15.9 Å². The molecule has 0 saturated carbocycles. The molecule has 0 radical (unpaired) electrons. The third kappa shape index (κ3) is 4.24. The first-order valence-electron chi connectivity index (χ1n) is 6.39. The van der Waals surface area contributed by atoms with Gasteiger partial charge in [0.15, 0.2) is 0 Å². The Morgan fingerprint density at radius 1 is 1.55 bits per heavy atom. The molecule has 1 heterocycles. The predicted octanol–water partition coefficient (Wildman–Crippen LogP) is 0.175. The number of nitrogens with zero attached hydrogens (tertiary/aromatic N) is 1. The van der Waals surface area contributed by atoms with Crippen molar-refractivity contribution in [2.75, 3.05) is 18.1 Å². The largest absolute Gasteiger partial charge is 0.330 e. The summed E-state index contributed by atoms with van der Waals surface area (Å²) < 4.78 is 25.1. The van der Waals surface area contributed by atoms with Gasteiger partial charge in [-0.25, -0.2) is 8.42 Å². The lowest BCUT2D eigenvalue weighted by Crippen LogP contribution is -2.49. The molecule has 0 aromatic rings. The zero-order valence-corrected chi connectivity index (χ0v) is 13.1. The van der Waals surface area contributed by atoms with E-state index in [1.807, 2.05) is 4.72 Å². The van der Waals surface area contributed by atoms with Crippen molar-refractivity contribution in [3.05, 3.63) is 12.7 Å². The van der Waals surface area contributed by atoms with E-state index in [2.05, 4.69) is 19.2 Å². The monoisotopic (exact) mass is 320 g/mol. The topological polar surface area (TPSA) is 83.6 Å². The number of thiol groups is 1. The van der Waals surface area contributed by atoms with Gasteiger partial charge in [-0.15, -0.1) is 6.58 Å². The Balaban J connectivity index is 2.77. The summed E-state index contributed by atoms with van der Waals surface area (Å²) >= 11 is 4.07. The van der Waals surface area contributed by atoms with E-state index in [1.54, 1.807) is 6.92 Å². The van der Waals surface area contributed by atoms with Gasteiger partial charge in [-0.3, -0.25) is 14.3 Å². The van der Waals surface area contributed by atoms with Crippen LogP contribution in [-0.2, 0) is 19.6 Å². The maximum Gasteiger partial charge on any atom is 0.256 e. The third-order valence-electron chi connectivity index (χ3n) is 3.13. The van der Waals surface area contributed by atoms with Crippen molar-refractivity contribution in [1.29, 1.82) is 0 Å². The smallest absolute Gasteiger partial charge is 0.256 e. The molecule has 1 N–H and O–H groups in total. The number of hydrogen-bond donors (Lipinski definition) is 2. The van der Waals surface area contributed by atoms with Gasteiger partial charge >= 0.3 is 0 Å². The standard InChI is InChI=1S/C12H20N2O4S2/c1-3-7-20(17,18)13-11(15)10-5-4-6-14(10)12(16)9(2)8-19/h3,9-10,19H,1,4-8H2,2H3,(H,13,15). The fourth-order valence-corrected chi connectivity index (χ4v) is 3.07. The predicted molar refractivity (Wildman–Crippen MR) is 79.9 cm³/mol. The van der Waals surface area contributed by atoms with Crippen LogP contribution in [0.1, 0.15) is 19.8 Å². The Morgan fingerprint density at radius 3 is 2.75 bits per heavy atom. The van der Waals surface area contributed by atoms with Crippen LogP contribution in [0.2, 0.25) is 0 Å². The molecule has 1 saturated heterocycles. The molecule has 0 aromatic heterocycles. The van der Waals surface area contributed by atoms with Crippen LogP contribution in [0.15, 0.2) is 12.7 Å². The Hall–Kier alpha value is -1.02. The molecule has 6 nitrogen and oxygen atoms in total. The number of hydrogen-bond acceptors (Lipinski definition) is 5. The summed E-state index contributed by atoms with van der Waals surface area (Å²) in [7, 11) is -3.71. The number of amides is 2. The maximum atomic E-state index is 12.1. The van der Waals surface area contributed by atoms with Crippen molar-refractivity contribution >= 4 is 34.5 Å². The summed E-state index contributed by atoms with van der Waals surface area (Å²) in [6.45, 7) is 5.53. The van der Waals surface area contributed by atoms with Gasteiger partial charge in [0.05, 0.1) is 5.75 Å². The van der Waals surface area contributed by atoms with Crippen molar-refractivity contribution in [1.82, 2.24) is 9.62 Å². The molecule has 1 aliphatic heterocycles. The highest BCUT2D eigenvalue weighted by Crippen LogP contribution is 2.20. The number of rotatable bonds is 6. The van der Waals surface area contributed by atoms with Gasteiger partial charge in [-0.05, 0) is 12.8 Å². The van der Waals surface area contributed by atoms with Crippen LogP contribution in [0.3, 0.4) is 0 Å². The molecule has 0 aromatic carbocycles. The second-order valence-electron chi connectivity index (χ2n) is 4.81. The Bertz CT molecular complexity index is 490. The Labute approximate surface area is 125 Å². The van der Waals surface area contributed by atoms with E-state index < -0.39 is 22.0 Å². The minimum atomic E-state index is -3.71. The third-order valence-corrected chi connectivity index (χ3v) is 4.86. The number of nitrogens with one attached hydrogen (secondary N) is 1. The van der Waals surface area contributed by atoms with Gasteiger partial charge in [0, 0.05) is 18.2 Å². The molecule has 2 atom stereocenters. The van der Waals surface area contributed by atoms with E-state index in [4.69, 9.17) is 0 Å². The van der Waals surface area contributed by atoms with Gasteiger partial charge < -0.3 is 4.90 Å². The summed E-state index contributed by atoms with van der Waals surface area (Å²) in [5.74, 6) is -1.05. The molecule has 20 heavy (non-hydrogen) atoms. The number of carbonyl (C=O) groups is 2. The van der Waals surface area contributed by atoms with Gasteiger partial charge in [-0.1, -0.05) is 13.0 Å². The van der Waals surface area contributed by atoms with Crippen LogP contribution in [0.5, 0.6) is 0 Å². The van der Waals surface area contributed by atoms with E-state index in [9.17, 15) is 18.0 Å². The normalized spacial score (nSPS) is 20.5. The molecule has 0 bridgehead atoms. The molecule has 0 spiro atoms. The maximum absolute atomic E-state index is 12.1. The van der Waals surface area contributed by atoms with Gasteiger partial charge in [0.25, 0.3) is 5.91 Å². The van der Waals surface area contributed by atoms with Crippen LogP contribution in [0.4, 0.5) is 0 Å². The van der Waals surface area contributed by atoms with Crippen molar-refractivity contribution in [2.45, 2.75) is 25.8 Å². The molecule has 1 aliphatic rings. The molecule has 114 valence electrons. The highest BCUT2D eigenvalue weighted by atomic mass is 32.2. The summed E-state index contributed by atoms with van der Waals surface area (Å²) in [5, 5.41) is 0. The lowest BCUT2D eigenvalue weighted by atomic mass is 10.1. The zero-order valence-electron chi connectivity index (χ0n) is 11.4. The lowest BCUT2D eigenvalue weighted by Gasteiger charge is -2.26. The highest BCUT2D eigenvalue weighted by Gasteiger charge is 2.36. The van der Waals surface area contributed by atoms with Crippen molar-refractivity contribution < 1.29 is 18.0 Å². The highest BCUT2D eigenvalue weighted by molar-refractivity contribution is 7.90. The van der Waals surface area contributed by atoms with Crippen LogP contribution < -0.4 is 4.72 Å². The van der Waals surface area contributed by atoms with Crippen LogP contribution in [0, 0.1) is 5.92 Å². The second-order valence-corrected chi connectivity index (χ2v) is 6.94. The molecule has 2 unspecified atom stereocenters. The molecular formula is C12H20N2O4S2. The zero-order chi connectivity index (χ0) is 15.3. The molecule has 0 aliphatic carbocycles. The number of sulfonamides is 1.